The lowest BCUT2D eigenvalue weighted by Crippen LogP contribution is -2.39. The largest absolute Gasteiger partial charge is 0.505 e. The first-order chi connectivity index (χ1) is 17.7. The fourth-order valence-corrected chi connectivity index (χ4v) is 6.84. The Bertz CT molecular complexity index is 1520. The predicted molar refractivity (Wildman–Crippen MR) is 139 cm³/mol. The number of anilines is 1. The number of fused-ring (bicyclic) bond motifs is 3. The standard InChI is InChI=1S/C28H18Br2FNO5/c29-13-2-4-14(5-3-13)32-27(36)16-7-6-15-17(24(16)28(32)37)10-18-25(22(34)11-19(30)26(18)35)23(15)12-1-8-21(33)20(31)9-12/h1-6,8-9,11,16-17,23-24,33H,7,10H2. The molecule has 1 fully saturated rings. The van der Waals surface area contributed by atoms with Crippen molar-refractivity contribution in [2.24, 2.45) is 17.8 Å². The van der Waals surface area contributed by atoms with Crippen molar-refractivity contribution in [3.8, 4) is 5.75 Å². The molecule has 37 heavy (non-hydrogen) atoms. The molecular weight excluding hydrogens is 609 g/mol. The van der Waals surface area contributed by atoms with Gasteiger partial charge < -0.3 is 5.11 Å². The third-order valence-corrected chi connectivity index (χ3v) is 8.84. The molecule has 6 nitrogen and oxygen atoms in total. The molecular formula is C28H18Br2FNO5. The third kappa shape index (κ3) is 3.62. The Morgan fingerprint density at radius 3 is 2.38 bits per heavy atom. The molecule has 1 aliphatic heterocycles. The van der Waals surface area contributed by atoms with Crippen LogP contribution in [0.25, 0.3) is 0 Å². The minimum atomic E-state index is -0.851. The van der Waals surface area contributed by atoms with Crippen LogP contribution < -0.4 is 4.90 Å². The number of amides is 2. The summed E-state index contributed by atoms with van der Waals surface area (Å²) in [7, 11) is 0. The molecule has 0 radical (unpaired) electrons. The van der Waals surface area contributed by atoms with Gasteiger partial charge in [-0.1, -0.05) is 33.6 Å². The van der Waals surface area contributed by atoms with E-state index in [0.717, 1.165) is 16.1 Å². The first kappa shape index (κ1) is 24.2. The van der Waals surface area contributed by atoms with Gasteiger partial charge in [0.25, 0.3) is 0 Å². The van der Waals surface area contributed by atoms with Crippen LogP contribution in [0.1, 0.15) is 24.3 Å². The highest BCUT2D eigenvalue weighted by atomic mass is 79.9. The van der Waals surface area contributed by atoms with Gasteiger partial charge in [0.2, 0.25) is 11.8 Å². The first-order valence-corrected chi connectivity index (χ1v) is 13.3. The van der Waals surface area contributed by atoms with E-state index in [-0.39, 0.29) is 51.9 Å². The summed E-state index contributed by atoms with van der Waals surface area (Å²) >= 11 is 6.55. The Kier molecular flexibility index (Phi) is 5.69. The number of nitrogens with zero attached hydrogens (tertiary/aromatic N) is 1. The molecule has 186 valence electrons. The number of halogens is 3. The Balaban J connectivity index is 1.49. The number of allylic oxidation sites excluding steroid dienone is 6. The number of hydrogen-bond donors (Lipinski definition) is 1. The molecule has 4 atom stereocenters. The molecule has 2 aromatic rings. The Hall–Kier alpha value is -3.17. The summed E-state index contributed by atoms with van der Waals surface area (Å²) < 4.78 is 15.4. The molecule has 3 aliphatic carbocycles. The summed E-state index contributed by atoms with van der Waals surface area (Å²) in [6.07, 6.45) is 3.50. The third-order valence-electron chi connectivity index (χ3n) is 7.72. The first-order valence-electron chi connectivity index (χ1n) is 11.7. The second kappa shape index (κ2) is 8.70. The number of Topliss-reactive ketones (excluding diaryl/α,β-unsaturated/α-hetero) is 1. The van der Waals surface area contributed by atoms with E-state index in [9.17, 15) is 28.7 Å². The molecule has 9 heteroatoms. The Morgan fingerprint density at radius 2 is 1.68 bits per heavy atom. The maximum Gasteiger partial charge on any atom is 0.238 e. The molecule has 2 aromatic carbocycles. The molecule has 0 saturated carbocycles. The zero-order chi connectivity index (χ0) is 26.2. The normalized spacial score (nSPS) is 27.1. The van der Waals surface area contributed by atoms with Crippen molar-refractivity contribution in [1.82, 2.24) is 0 Å². The number of phenols is 1. The van der Waals surface area contributed by atoms with E-state index < -0.39 is 35.2 Å². The number of phenolic OH excluding ortho intramolecular Hbond substituents is 1. The van der Waals surface area contributed by atoms with Crippen LogP contribution >= 0.6 is 31.9 Å². The molecule has 4 unspecified atom stereocenters. The number of ketones is 2. The van der Waals surface area contributed by atoms with Gasteiger partial charge >= 0.3 is 0 Å². The van der Waals surface area contributed by atoms with Gasteiger partial charge in [-0.2, -0.15) is 0 Å². The fraction of sp³-hybridized carbons (Fsp3) is 0.214. The molecule has 1 saturated heterocycles. The van der Waals surface area contributed by atoms with Gasteiger partial charge in [-0.15, -0.1) is 0 Å². The monoisotopic (exact) mass is 625 g/mol. The van der Waals surface area contributed by atoms with E-state index in [2.05, 4.69) is 31.9 Å². The highest BCUT2D eigenvalue weighted by molar-refractivity contribution is 9.12. The van der Waals surface area contributed by atoms with Gasteiger partial charge in [-0.25, -0.2) is 4.39 Å². The fourth-order valence-electron chi connectivity index (χ4n) is 6.13. The van der Waals surface area contributed by atoms with Crippen molar-refractivity contribution in [1.29, 1.82) is 0 Å². The summed E-state index contributed by atoms with van der Waals surface area (Å²) in [5, 5.41) is 9.75. The summed E-state index contributed by atoms with van der Waals surface area (Å²) in [5.74, 6) is -5.37. The Morgan fingerprint density at radius 1 is 0.946 bits per heavy atom. The molecule has 4 aliphatic rings. The van der Waals surface area contributed by atoms with Gasteiger partial charge in [-0.3, -0.25) is 24.1 Å². The van der Waals surface area contributed by atoms with E-state index in [1.165, 1.54) is 23.1 Å². The van der Waals surface area contributed by atoms with Crippen LogP contribution in [0.15, 0.2) is 80.3 Å². The smallest absolute Gasteiger partial charge is 0.238 e. The van der Waals surface area contributed by atoms with E-state index >= 15 is 0 Å². The molecule has 2 amide bonds. The van der Waals surface area contributed by atoms with Crippen LogP contribution in [0.2, 0.25) is 0 Å². The van der Waals surface area contributed by atoms with Crippen LogP contribution in [0, 0.1) is 23.6 Å². The quantitative estimate of drug-likeness (QED) is 0.279. The minimum absolute atomic E-state index is 0.122. The highest BCUT2D eigenvalue weighted by Gasteiger charge is 2.56. The average molecular weight is 627 g/mol. The number of aromatic hydroxyl groups is 1. The molecule has 0 aromatic heterocycles. The topological polar surface area (TPSA) is 91.8 Å². The number of benzene rings is 2. The maximum absolute atomic E-state index is 14.4. The lowest BCUT2D eigenvalue weighted by atomic mass is 9.59. The molecule has 0 bridgehead atoms. The second-order valence-corrected chi connectivity index (χ2v) is 11.4. The lowest BCUT2D eigenvalue weighted by Gasteiger charge is -2.42. The number of carbonyl (C=O) groups is 4. The van der Waals surface area contributed by atoms with Gasteiger partial charge in [0.1, 0.15) is 0 Å². The highest BCUT2D eigenvalue weighted by Crippen LogP contribution is 2.55. The van der Waals surface area contributed by atoms with Crippen LogP contribution in [0.4, 0.5) is 10.1 Å². The number of imide groups is 1. The van der Waals surface area contributed by atoms with Crippen molar-refractivity contribution < 1.29 is 28.7 Å². The molecule has 1 heterocycles. The van der Waals surface area contributed by atoms with E-state index in [1.807, 2.05) is 6.08 Å². The van der Waals surface area contributed by atoms with Gasteiger partial charge in [-0.05, 0) is 76.7 Å². The van der Waals surface area contributed by atoms with Gasteiger partial charge in [0, 0.05) is 27.6 Å². The zero-order valence-electron chi connectivity index (χ0n) is 19.1. The summed E-state index contributed by atoms with van der Waals surface area (Å²) in [4.78, 5) is 54.8. The van der Waals surface area contributed by atoms with E-state index in [4.69, 9.17) is 0 Å². The molecule has 0 spiro atoms. The molecule has 1 N–H and O–H groups in total. The van der Waals surface area contributed by atoms with Crippen LogP contribution in [-0.4, -0.2) is 28.5 Å². The van der Waals surface area contributed by atoms with Gasteiger partial charge in [0.15, 0.2) is 23.1 Å². The number of rotatable bonds is 2. The van der Waals surface area contributed by atoms with Crippen LogP contribution in [0.3, 0.4) is 0 Å². The van der Waals surface area contributed by atoms with Crippen molar-refractivity contribution >= 4 is 60.9 Å². The van der Waals surface area contributed by atoms with Crippen LogP contribution in [-0.2, 0) is 19.2 Å². The maximum atomic E-state index is 14.4. The number of hydrogen-bond acceptors (Lipinski definition) is 5. The van der Waals surface area contributed by atoms with Gasteiger partial charge in [0.05, 0.1) is 22.0 Å². The Labute approximate surface area is 227 Å². The van der Waals surface area contributed by atoms with Crippen molar-refractivity contribution in [2.75, 3.05) is 4.90 Å². The van der Waals surface area contributed by atoms with E-state index in [0.29, 0.717) is 11.3 Å². The van der Waals surface area contributed by atoms with Crippen molar-refractivity contribution in [3.63, 3.8) is 0 Å². The zero-order valence-corrected chi connectivity index (χ0v) is 22.3. The SMILES string of the molecule is O=C1C=C(Br)C(=O)C2=C1C(c1ccc(O)c(F)c1)C1=CCC3C(=O)N(c4ccc(Br)cc4)C(=O)C3C1C2. The number of carbonyl (C=O) groups excluding carboxylic acids is 4. The summed E-state index contributed by atoms with van der Waals surface area (Å²) in [6.45, 7) is 0. The van der Waals surface area contributed by atoms with E-state index in [1.54, 1.807) is 24.3 Å². The predicted octanol–water partition coefficient (Wildman–Crippen LogP) is 5.26. The average Bonchev–Trinajstić information content (AvgIpc) is 3.13. The lowest BCUT2D eigenvalue weighted by molar-refractivity contribution is -0.123. The minimum Gasteiger partial charge on any atom is -0.505 e. The second-order valence-electron chi connectivity index (χ2n) is 9.59. The summed E-state index contributed by atoms with van der Waals surface area (Å²) in [5.41, 5.74) is 2.10. The van der Waals surface area contributed by atoms with Crippen LogP contribution in [0.5, 0.6) is 5.75 Å². The van der Waals surface area contributed by atoms with Crippen molar-refractivity contribution in [2.45, 2.75) is 18.8 Å². The molecule has 6 rings (SSSR count). The summed E-state index contributed by atoms with van der Waals surface area (Å²) in [6, 6.07) is 10.8. The van der Waals surface area contributed by atoms with Crippen molar-refractivity contribution in [3.05, 3.63) is 91.7 Å².